The fourth-order valence-corrected chi connectivity index (χ4v) is 2.34. The summed E-state index contributed by atoms with van der Waals surface area (Å²) in [6.45, 7) is 2.60. The van der Waals surface area contributed by atoms with Crippen molar-refractivity contribution in [2.24, 2.45) is 7.05 Å². The lowest BCUT2D eigenvalue weighted by molar-refractivity contribution is 0.243. The highest BCUT2D eigenvalue weighted by molar-refractivity contribution is 5.31. The van der Waals surface area contributed by atoms with E-state index in [1.165, 1.54) is 0 Å². The predicted octanol–water partition coefficient (Wildman–Crippen LogP) is 1.56. The first kappa shape index (κ1) is 14.6. The van der Waals surface area contributed by atoms with Crippen molar-refractivity contribution in [2.75, 3.05) is 13.7 Å². The van der Waals surface area contributed by atoms with Gasteiger partial charge in [-0.3, -0.25) is 0 Å². The molecule has 1 heterocycles. The Labute approximate surface area is 119 Å². The first-order valence-corrected chi connectivity index (χ1v) is 6.63. The summed E-state index contributed by atoms with van der Waals surface area (Å²) in [5, 5.41) is 17.2. The number of nitrogens with zero attached hydrogens (tertiary/aromatic N) is 2. The number of benzene rings is 1. The Morgan fingerprint density at radius 3 is 2.65 bits per heavy atom. The summed E-state index contributed by atoms with van der Waals surface area (Å²) in [6, 6.07) is 9.81. The van der Waals surface area contributed by atoms with Crippen LogP contribution >= 0.6 is 0 Å². The minimum Gasteiger partial charge on any atom is -0.481 e. The molecule has 0 saturated heterocycles. The van der Waals surface area contributed by atoms with E-state index in [-0.39, 0.29) is 12.6 Å². The molecule has 0 bridgehead atoms. The van der Waals surface area contributed by atoms with Crippen LogP contribution in [0.15, 0.2) is 30.3 Å². The van der Waals surface area contributed by atoms with Crippen LogP contribution in [0.1, 0.15) is 22.9 Å². The Morgan fingerprint density at radius 1 is 1.35 bits per heavy atom. The molecular formula is C15H21N3O2. The molecule has 1 atom stereocenters. The summed E-state index contributed by atoms with van der Waals surface area (Å²) in [7, 11) is 3.50. The SMILES string of the molecule is COc1c(CNC(CO)c2ccccc2)c(C)nn1C. The number of rotatable bonds is 6. The van der Waals surface area contributed by atoms with Crippen molar-refractivity contribution in [1.82, 2.24) is 15.1 Å². The van der Waals surface area contributed by atoms with Crippen molar-refractivity contribution in [2.45, 2.75) is 19.5 Å². The number of ether oxygens (including phenoxy) is 1. The average molecular weight is 275 g/mol. The van der Waals surface area contributed by atoms with Crippen molar-refractivity contribution in [3.63, 3.8) is 0 Å². The number of aliphatic hydroxyl groups is 1. The molecule has 5 heteroatoms. The van der Waals surface area contributed by atoms with Gasteiger partial charge in [0.1, 0.15) is 0 Å². The monoisotopic (exact) mass is 275 g/mol. The van der Waals surface area contributed by atoms with Crippen LogP contribution in [0.4, 0.5) is 0 Å². The zero-order valence-electron chi connectivity index (χ0n) is 12.1. The molecule has 0 amide bonds. The Balaban J connectivity index is 2.11. The molecule has 1 aromatic heterocycles. The topological polar surface area (TPSA) is 59.3 Å². The van der Waals surface area contributed by atoms with Crippen LogP contribution in [-0.2, 0) is 13.6 Å². The van der Waals surface area contributed by atoms with Crippen LogP contribution < -0.4 is 10.1 Å². The van der Waals surface area contributed by atoms with Crippen LogP contribution in [0.25, 0.3) is 0 Å². The molecule has 0 aliphatic heterocycles. The van der Waals surface area contributed by atoms with E-state index >= 15 is 0 Å². The molecule has 2 N–H and O–H groups in total. The van der Waals surface area contributed by atoms with Gasteiger partial charge in [-0.15, -0.1) is 0 Å². The number of hydrogen-bond donors (Lipinski definition) is 2. The highest BCUT2D eigenvalue weighted by Crippen LogP contribution is 2.22. The molecule has 0 aliphatic carbocycles. The molecule has 1 aromatic carbocycles. The van der Waals surface area contributed by atoms with Gasteiger partial charge in [0.05, 0.1) is 31.0 Å². The van der Waals surface area contributed by atoms with Crippen molar-refractivity contribution in [3.8, 4) is 5.88 Å². The molecule has 5 nitrogen and oxygen atoms in total. The summed E-state index contributed by atoms with van der Waals surface area (Å²) < 4.78 is 7.09. The number of aryl methyl sites for hydroxylation is 2. The minimum atomic E-state index is -0.0967. The van der Waals surface area contributed by atoms with E-state index in [1.807, 2.05) is 44.3 Å². The lowest BCUT2D eigenvalue weighted by Crippen LogP contribution is -2.24. The van der Waals surface area contributed by atoms with E-state index in [1.54, 1.807) is 11.8 Å². The van der Waals surface area contributed by atoms with Gasteiger partial charge in [0.2, 0.25) is 5.88 Å². The third-order valence-corrected chi connectivity index (χ3v) is 3.39. The van der Waals surface area contributed by atoms with E-state index in [9.17, 15) is 5.11 Å². The van der Waals surface area contributed by atoms with Crippen LogP contribution in [0, 0.1) is 6.92 Å². The maximum Gasteiger partial charge on any atom is 0.216 e. The van der Waals surface area contributed by atoms with E-state index < -0.39 is 0 Å². The summed E-state index contributed by atoms with van der Waals surface area (Å²) in [5.41, 5.74) is 3.02. The summed E-state index contributed by atoms with van der Waals surface area (Å²) in [5.74, 6) is 0.750. The number of methoxy groups -OCH3 is 1. The van der Waals surface area contributed by atoms with Gasteiger partial charge in [-0.2, -0.15) is 5.10 Å². The molecule has 20 heavy (non-hydrogen) atoms. The second-order valence-corrected chi connectivity index (χ2v) is 4.72. The fraction of sp³-hybridized carbons (Fsp3) is 0.400. The Hall–Kier alpha value is -1.85. The van der Waals surface area contributed by atoms with Crippen molar-refractivity contribution in [1.29, 1.82) is 0 Å². The highest BCUT2D eigenvalue weighted by Gasteiger charge is 2.16. The second kappa shape index (κ2) is 6.54. The third-order valence-electron chi connectivity index (χ3n) is 3.39. The number of aliphatic hydroxyl groups excluding tert-OH is 1. The molecule has 1 unspecified atom stereocenters. The quantitative estimate of drug-likeness (QED) is 0.840. The predicted molar refractivity (Wildman–Crippen MR) is 77.6 cm³/mol. The van der Waals surface area contributed by atoms with E-state index in [4.69, 9.17) is 4.74 Å². The van der Waals surface area contributed by atoms with Crippen molar-refractivity contribution in [3.05, 3.63) is 47.2 Å². The number of nitrogens with one attached hydrogen (secondary N) is 1. The third kappa shape index (κ3) is 3.00. The van der Waals surface area contributed by atoms with E-state index in [0.717, 1.165) is 22.7 Å². The van der Waals surface area contributed by atoms with E-state index in [0.29, 0.717) is 6.54 Å². The molecule has 2 aromatic rings. The smallest absolute Gasteiger partial charge is 0.216 e. The number of aromatic nitrogens is 2. The molecule has 108 valence electrons. The van der Waals surface area contributed by atoms with Gasteiger partial charge in [0.25, 0.3) is 0 Å². The molecule has 0 radical (unpaired) electrons. The van der Waals surface area contributed by atoms with Crippen LogP contribution in [0.5, 0.6) is 5.88 Å². The van der Waals surface area contributed by atoms with Gasteiger partial charge >= 0.3 is 0 Å². The van der Waals surface area contributed by atoms with Crippen LogP contribution in [-0.4, -0.2) is 28.6 Å². The largest absolute Gasteiger partial charge is 0.481 e. The molecular weight excluding hydrogens is 254 g/mol. The maximum atomic E-state index is 9.54. The summed E-state index contributed by atoms with van der Waals surface area (Å²) in [4.78, 5) is 0. The van der Waals surface area contributed by atoms with Gasteiger partial charge in [0, 0.05) is 13.6 Å². The first-order chi connectivity index (χ1) is 9.67. The first-order valence-electron chi connectivity index (χ1n) is 6.63. The average Bonchev–Trinajstić information content (AvgIpc) is 2.74. The molecule has 0 aliphatic rings. The highest BCUT2D eigenvalue weighted by atomic mass is 16.5. The summed E-state index contributed by atoms with van der Waals surface area (Å²) >= 11 is 0. The van der Waals surface area contributed by atoms with Gasteiger partial charge in [0.15, 0.2) is 0 Å². The Bertz CT molecular complexity index is 552. The van der Waals surface area contributed by atoms with Gasteiger partial charge in [-0.05, 0) is 12.5 Å². The zero-order chi connectivity index (χ0) is 14.5. The van der Waals surface area contributed by atoms with Gasteiger partial charge in [-0.25, -0.2) is 4.68 Å². The minimum absolute atomic E-state index is 0.0473. The Morgan fingerprint density at radius 2 is 2.05 bits per heavy atom. The van der Waals surface area contributed by atoms with E-state index in [2.05, 4.69) is 10.4 Å². The number of hydrogen-bond acceptors (Lipinski definition) is 4. The summed E-state index contributed by atoms with van der Waals surface area (Å²) in [6.07, 6.45) is 0. The fourth-order valence-electron chi connectivity index (χ4n) is 2.34. The molecule has 0 fully saturated rings. The van der Waals surface area contributed by atoms with Crippen LogP contribution in [0.2, 0.25) is 0 Å². The standard InChI is InChI=1S/C15H21N3O2/c1-11-13(15(20-3)18(2)17-11)9-16-14(10-19)12-7-5-4-6-8-12/h4-8,14,16,19H,9-10H2,1-3H3. The lowest BCUT2D eigenvalue weighted by Gasteiger charge is -2.17. The zero-order valence-corrected chi connectivity index (χ0v) is 12.1. The normalized spacial score (nSPS) is 12.4. The molecule has 2 rings (SSSR count). The van der Waals surface area contributed by atoms with Crippen LogP contribution in [0.3, 0.4) is 0 Å². The second-order valence-electron chi connectivity index (χ2n) is 4.72. The molecule has 0 spiro atoms. The Kier molecular flexibility index (Phi) is 4.76. The van der Waals surface area contributed by atoms with Gasteiger partial charge in [-0.1, -0.05) is 30.3 Å². The van der Waals surface area contributed by atoms with Gasteiger partial charge < -0.3 is 15.2 Å². The maximum absolute atomic E-state index is 9.54. The molecule has 0 saturated carbocycles. The lowest BCUT2D eigenvalue weighted by atomic mass is 10.1. The van der Waals surface area contributed by atoms with Crippen molar-refractivity contribution < 1.29 is 9.84 Å². The van der Waals surface area contributed by atoms with Crippen molar-refractivity contribution >= 4 is 0 Å².